The van der Waals surface area contributed by atoms with Crippen LogP contribution in [0.5, 0.6) is 5.75 Å². The largest absolute Gasteiger partial charge is 0.482 e. The average Bonchev–Trinajstić information content (AvgIpc) is 2.71. The van der Waals surface area contributed by atoms with Gasteiger partial charge in [0.15, 0.2) is 13.2 Å². The molecule has 1 saturated heterocycles. The van der Waals surface area contributed by atoms with Gasteiger partial charge in [0, 0.05) is 13.1 Å². The first-order valence-electron chi connectivity index (χ1n) is 9.38. The zero-order chi connectivity index (χ0) is 19.9. The van der Waals surface area contributed by atoms with Gasteiger partial charge in [-0.1, -0.05) is 42.5 Å². The minimum atomic E-state index is -0.574. The molecule has 2 atom stereocenters. The third kappa shape index (κ3) is 5.57. The van der Waals surface area contributed by atoms with E-state index in [1.54, 1.807) is 17.0 Å². The minimum Gasteiger partial charge on any atom is -0.482 e. The van der Waals surface area contributed by atoms with Gasteiger partial charge in [0.05, 0.1) is 12.2 Å². The molecule has 0 spiro atoms. The van der Waals surface area contributed by atoms with Crippen LogP contribution in [0.15, 0.2) is 54.6 Å². The molecule has 2 aromatic rings. The van der Waals surface area contributed by atoms with E-state index in [1.165, 1.54) is 0 Å². The van der Waals surface area contributed by atoms with E-state index >= 15 is 0 Å². The van der Waals surface area contributed by atoms with Gasteiger partial charge in [-0.25, -0.2) is 4.79 Å². The molecule has 1 heterocycles. The molecule has 0 aromatic heterocycles. The fourth-order valence-electron chi connectivity index (χ4n) is 3.17. The van der Waals surface area contributed by atoms with Gasteiger partial charge in [0.2, 0.25) is 0 Å². The van der Waals surface area contributed by atoms with Crippen molar-refractivity contribution >= 4 is 11.9 Å². The topological polar surface area (TPSA) is 65.1 Å². The summed E-state index contributed by atoms with van der Waals surface area (Å²) in [4.78, 5) is 25.7. The maximum Gasteiger partial charge on any atom is 0.344 e. The number of hydrogen-bond donors (Lipinski definition) is 0. The summed E-state index contributed by atoms with van der Waals surface area (Å²) >= 11 is 0. The minimum absolute atomic E-state index is 0.0226. The molecule has 0 saturated carbocycles. The van der Waals surface area contributed by atoms with Crippen LogP contribution >= 0.6 is 0 Å². The zero-order valence-electron chi connectivity index (χ0n) is 16.2. The molecular formula is C22H25NO5. The van der Waals surface area contributed by atoms with E-state index in [0.29, 0.717) is 18.8 Å². The van der Waals surface area contributed by atoms with Gasteiger partial charge in [0.1, 0.15) is 5.75 Å². The highest BCUT2D eigenvalue weighted by Crippen LogP contribution is 2.22. The summed E-state index contributed by atoms with van der Waals surface area (Å²) in [5.74, 6) is -0.226. The number of carbonyl (C=O) groups excluding carboxylic acids is 2. The van der Waals surface area contributed by atoms with Crippen LogP contribution in [0, 0.1) is 0 Å². The molecule has 6 heteroatoms. The van der Waals surface area contributed by atoms with Crippen LogP contribution < -0.4 is 4.74 Å². The van der Waals surface area contributed by atoms with E-state index < -0.39 is 5.97 Å². The average molecular weight is 383 g/mol. The van der Waals surface area contributed by atoms with Crippen molar-refractivity contribution in [3.05, 3.63) is 54.6 Å². The Bertz CT molecular complexity index is 780. The van der Waals surface area contributed by atoms with Crippen molar-refractivity contribution in [2.45, 2.75) is 26.1 Å². The van der Waals surface area contributed by atoms with Crippen LogP contribution in [-0.2, 0) is 19.1 Å². The standard InChI is InChI=1S/C22H25NO5/c1-16-12-23(13-17(2)28-16)21(24)14-27-22(25)15-26-20-10-8-19(9-11-20)18-6-4-3-5-7-18/h3-11,16-17H,12-15H2,1-2H3. The summed E-state index contributed by atoms with van der Waals surface area (Å²) in [6.45, 7) is 4.32. The normalized spacial score (nSPS) is 19.1. The van der Waals surface area contributed by atoms with E-state index in [4.69, 9.17) is 14.2 Å². The number of esters is 1. The molecule has 1 aliphatic rings. The van der Waals surface area contributed by atoms with Crippen molar-refractivity contribution in [3.63, 3.8) is 0 Å². The van der Waals surface area contributed by atoms with Crippen molar-refractivity contribution in [3.8, 4) is 16.9 Å². The van der Waals surface area contributed by atoms with Crippen LogP contribution in [0.4, 0.5) is 0 Å². The molecule has 0 aliphatic carbocycles. The lowest BCUT2D eigenvalue weighted by molar-refractivity contribution is -0.158. The SMILES string of the molecule is CC1CN(C(=O)COC(=O)COc2ccc(-c3ccccc3)cc2)CC(C)O1. The molecule has 0 radical (unpaired) electrons. The van der Waals surface area contributed by atoms with Crippen molar-refractivity contribution < 1.29 is 23.8 Å². The molecule has 0 bridgehead atoms. The number of hydrogen-bond acceptors (Lipinski definition) is 5. The number of ether oxygens (including phenoxy) is 3. The molecule has 2 aromatic carbocycles. The van der Waals surface area contributed by atoms with Crippen molar-refractivity contribution in [1.29, 1.82) is 0 Å². The van der Waals surface area contributed by atoms with Gasteiger partial charge in [0.25, 0.3) is 5.91 Å². The molecule has 28 heavy (non-hydrogen) atoms. The number of morpholine rings is 1. The maximum atomic E-state index is 12.2. The Morgan fingerprint density at radius 1 is 0.929 bits per heavy atom. The third-order valence-electron chi connectivity index (χ3n) is 4.45. The highest BCUT2D eigenvalue weighted by atomic mass is 16.6. The Kier molecular flexibility index (Phi) is 6.66. The Morgan fingerprint density at radius 3 is 2.18 bits per heavy atom. The van der Waals surface area contributed by atoms with Gasteiger partial charge in [-0.05, 0) is 37.1 Å². The summed E-state index contributed by atoms with van der Waals surface area (Å²) < 4.78 is 16.1. The maximum absolute atomic E-state index is 12.2. The summed E-state index contributed by atoms with van der Waals surface area (Å²) in [7, 11) is 0. The lowest BCUT2D eigenvalue weighted by atomic mass is 10.1. The predicted octanol–water partition coefficient (Wildman–Crippen LogP) is 2.91. The van der Waals surface area contributed by atoms with Crippen LogP contribution in [0.25, 0.3) is 11.1 Å². The van der Waals surface area contributed by atoms with E-state index in [1.807, 2.05) is 56.3 Å². The fourth-order valence-corrected chi connectivity index (χ4v) is 3.17. The molecule has 3 rings (SSSR count). The number of benzene rings is 2. The lowest BCUT2D eigenvalue weighted by Gasteiger charge is -2.35. The van der Waals surface area contributed by atoms with Crippen molar-refractivity contribution in [2.75, 3.05) is 26.3 Å². The molecule has 148 valence electrons. The molecule has 1 aliphatic heterocycles. The highest BCUT2D eigenvalue weighted by Gasteiger charge is 2.26. The lowest BCUT2D eigenvalue weighted by Crippen LogP contribution is -2.49. The first-order valence-corrected chi connectivity index (χ1v) is 9.38. The van der Waals surface area contributed by atoms with Crippen molar-refractivity contribution in [2.24, 2.45) is 0 Å². The second-order valence-electron chi connectivity index (χ2n) is 6.90. The van der Waals surface area contributed by atoms with Gasteiger partial charge in [-0.3, -0.25) is 4.79 Å². The van der Waals surface area contributed by atoms with Gasteiger partial charge in [-0.15, -0.1) is 0 Å². The molecule has 6 nitrogen and oxygen atoms in total. The van der Waals surface area contributed by atoms with Crippen LogP contribution in [0.1, 0.15) is 13.8 Å². The summed E-state index contributed by atoms with van der Waals surface area (Å²) in [6, 6.07) is 17.5. The van der Waals surface area contributed by atoms with Crippen molar-refractivity contribution in [1.82, 2.24) is 4.90 Å². The quantitative estimate of drug-likeness (QED) is 0.718. The summed E-state index contributed by atoms with van der Waals surface area (Å²) in [6.07, 6.45) is -0.0452. The van der Waals surface area contributed by atoms with E-state index in [2.05, 4.69) is 0 Å². The van der Waals surface area contributed by atoms with Crippen LogP contribution in [-0.4, -0.2) is 55.3 Å². The Labute approximate surface area is 165 Å². The highest BCUT2D eigenvalue weighted by molar-refractivity contribution is 5.81. The Balaban J connectivity index is 1.42. The molecule has 1 fully saturated rings. The summed E-state index contributed by atoms with van der Waals surface area (Å²) in [5, 5.41) is 0. The molecule has 2 unspecified atom stereocenters. The van der Waals surface area contributed by atoms with Crippen LogP contribution in [0.3, 0.4) is 0 Å². The zero-order valence-corrected chi connectivity index (χ0v) is 16.2. The second kappa shape index (κ2) is 9.37. The number of nitrogens with zero attached hydrogens (tertiary/aromatic N) is 1. The molecule has 0 N–H and O–H groups in total. The number of rotatable bonds is 6. The molecule has 1 amide bonds. The van der Waals surface area contributed by atoms with E-state index in [0.717, 1.165) is 11.1 Å². The monoisotopic (exact) mass is 383 g/mol. The first-order chi connectivity index (χ1) is 13.5. The smallest absolute Gasteiger partial charge is 0.344 e. The fraction of sp³-hybridized carbons (Fsp3) is 0.364. The number of amides is 1. The van der Waals surface area contributed by atoms with Gasteiger partial charge < -0.3 is 19.1 Å². The number of carbonyl (C=O) groups is 2. The second-order valence-corrected chi connectivity index (χ2v) is 6.90. The predicted molar refractivity (Wildman–Crippen MR) is 105 cm³/mol. The summed E-state index contributed by atoms with van der Waals surface area (Å²) in [5.41, 5.74) is 2.17. The van der Waals surface area contributed by atoms with E-state index in [-0.39, 0.29) is 31.3 Å². The van der Waals surface area contributed by atoms with E-state index in [9.17, 15) is 9.59 Å². The molecular weight excluding hydrogens is 358 g/mol. The Morgan fingerprint density at radius 2 is 1.54 bits per heavy atom. The first kappa shape index (κ1) is 19.9. The van der Waals surface area contributed by atoms with Crippen LogP contribution in [0.2, 0.25) is 0 Å². The third-order valence-corrected chi connectivity index (χ3v) is 4.45. The van der Waals surface area contributed by atoms with Gasteiger partial charge in [-0.2, -0.15) is 0 Å². The Hall–Kier alpha value is -2.86. The van der Waals surface area contributed by atoms with Gasteiger partial charge >= 0.3 is 5.97 Å².